The molecule has 0 aromatic heterocycles. The molecule has 0 aromatic carbocycles. The van der Waals surface area contributed by atoms with Gasteiger partial charge in [0.2, 0.25) is 0 Å². The fraction of sp³-hybridized carbons (Fsp3) is 0.909. The lowest BCUT2D eigenvalue weighted by molar-refractivity contribution is -0.244. The summed E-state index contributed by atoms with van der Waals surface area (Å²) in [5, 5.41) is 11.0. The molecule has 0 spiro atoms. The number of aliphatic hydroxyl groups is 1. The number of esters is 1. The van der Waals surface area contributed by atoms with Crippen LogP contribution >= 0.6 is 11.6 Å². The Bertz CT molecular complexity index is 913. The third-order valence-electron chi connectivity index (χ3n) is 13.1. The van der Waals surface area contributed by atoms with Gasteiger partial charge in [-0.25, -0.2) is 0 Å². The molecular weight excluding hydrogens is 496 g/mol. The standard InChI is InChI=1S/C33H55ClO4/c1-21(11-10-15-29(2,3)37-9)22-12-17-33(8)28(22)23(38-27(36)20-34)19-25-31(6)16-14-26(35)30(4,5)24(31)13-18-32(25,33)7/h22-26,28,35H,1,10-20H2,2-9H3/t22-,23-,24+,25-,26+,28+,31+,32-,33-/m1/s1. The molecule has 4 rings (SSSR count). The van der Waals surface area contributed by atoms with Crippen molar-refractivity contribution in [3.63, 3.8) is 0 Å². The number of fused-ring (bicyclic) bond motifs is 5. The fourth-order valence-corrected chi connectivity index (χ4v) is 10.6. The van der Waals surface area contributed by atoms with Crippen LogP contribution in [-0.2, 0) is 14.3 Å². The minimum atomic E-state index is -0.294. The van der Waals surface area contributed by atoms with Crippen LogP contribution in [0.15, 0.2) is 12.2 Å². The number of alkyl halides is 1. The molecule has 0 unspecified atom stereocenters. The summed E-state index contributed by atoms with van der Waals surface area (Å²) in [6, 6.07) is 0. The number of allylic oxidation sites excluding steroid dienone is 1. The van der Waals surface area contributed by atoms with Crippen molar-refractivity contribution in [2.24, 2.45) is 45.3 Å². The van der Waals surface area contributed by atoms with Gasteiger partial charge in [0.1, 0.15) is 12.0 Å². The Morgan fingerprint density at radius 3 is 2.32 bits per heavy atom. The highest BCUT2D eigenvalue weighted by Gasteiger charge is 2.71. The number of hydrogen-bond acceptors (Lipinski definition) is 4. The van der Waals surface area contributed by atoms with E-state index < -0.39 is 0 Å². The Balaban J connectivity index is 1.67. The van der Waals surface area contributed by atoms with Crippen LogP contribution in [0.2, 0.25) is 0 Å². The summed E-state index contributed by atoms with van der Waals surface area (Å²) in [6.45, 7) is 21.1. The molecule has 218 valence electrons. The molecule has 4 nitrogen and oxygen atoms in total. The second-order valence-electron chi connectivity index (χ2n) is 15.4. The topological polar surface area (TPSA) is 55.8 Å². The van der Waals surface area contributed by atoms with Crippen molar-refractivity contribution < 1.29 is 19.4 Å². The van der Waals surface area contributed by atoms with Crippen LogP contribution in [0.5, 0.6) is 0 Å². The van der Waals surface area contributed by atoms with Gasteiger partial charge in [-0.05, 0) is 117 Å². The van der Waals surface area contributed by atoms with Gasteiger partial charge in [0.15, 0.2) is 0 Å². The molecule has 4 aliphatic rings. The Kier molecular flexibility index (Phi) is 8.28. The first-order valence-corrected chi connectivity index (χ1v) is 15.8. The summed E-state index contributed by atoms with van der Waals surface area (Å²) >= 11 is 6.00. The molecule has 0 radical (unpaired) electrons. The smallest absolute Gasteiger partial charge is 0.321 e. The Morgan fingerprint density at radius 2 is 1.68 bits per heavy atom. The van der Waals surface area contributed by atoms with Crippen molar-refractivity contribution in [2.45, 2.75) is 130 Å². The number of rotatable bonds is 8. The summed E-state index contributed by atoms with van der Waals surface area (Å²) < 4.78 is 11.9. The van der Waals surface area contributed by atoms with E-state index in [9.17, 15) is 9.90 Å². The predicted molar refractivity (Wildman–Crippen MR) is 155 cm³/mol. The second-order valence-corrected chi connectivity index (χ2v) is 15.7. The van der Waals surface area contributed by atoms with Gasteiger partial charge in [-0.3, -0.25) is 4.79 Å². The van der Waals surface area contributed by atoms with E-state index in [2.05, 4.69) is 55.0 Å². The van der Waals surface area contributed by atoms with Gasteiger partial charge in [-0.1, -0.05) is 46.8 Å². The van der Waals surface area contributed by atoms with Crippen LogP contribution in [0.1, 0.15) is 113 Å². The normalized spacial score (nSPS) is 44.1. The largest absolute Gasteiger partial charge is 0.461 e. The van der Waals surface area contributed by atoms with Gasteiger partial charge in [0.25, 0.3) is 0 Å². The van der Waals surface area contributed by atoms with Crippen LogP contribution in [0, 0.1) is 45.3 Å². The lowest BCUT2D eigenvalue weighted by Gasteiger charge is -2.70. The minimum Gasteiger partial charge on any atom is -0.461 e. The molecular formula is C33H55ClO4. The third kappa shape index (κ3) is 4.71. The molecule has 0 bridgehead atoms. The summed E-state index contributed by atoms with van der Waals surface area (Å²) in [4.78, 5) is 12.7. The summed E-state index contributed by atoms with van der Waals surface area (Å²) in [5.74, 6) is 1.17. The number of carbonyl (C=O) groups excluding carboxylic acids is 1. The molecule has 5 heteroatoms. The van der Waals surface area contributed by atoms with Crippen molar-refractivity contribution in [3.8, 4) is 0 Å². The zero-order valence-corrected chi connectivity index (χ0v) is 26.3. The Labute approximate surface area is 237 Å². The molecule has 0 saturated heterocycles. The fourth-order valence-electron chi connectivity index (χ4n) is 10.5. The number of halogens is 1. The van der Waals surface area contributed by atoms with Crippen LogP contribution in [0.3, 0.4) is 0 Å². The number of hydrogen-bond donors (Lipinski definition) is 1. The summed E-state index contributed by atoms with van der Waals surface area (Å²) in [6.07, 6.45) is 10.1. The zero-order chi connectivity index (χ0) is 28.3. The molecule has 0 heterocycles. The van der Waals surface area contributed by atoms with E-state index in [1.165, 1.54) is 18.4 Å². The quantitative estimate of drug-likeness (QED) is 0.189. The molecule has 4 saturated carbocycles. The van der Waals surface area contributed by atoms with Crippen LogP contribution in [0.25, 0.3) is 0 Å². The lowest BCUT2D eigenvalue weighted by atomic mass is 9.35. The van der Waals surface area contributed by atoms with Gasteiger partial charge < -0.3 is 14.6 Å². The van der Waals surface area contributed by atoms with Gasteiger partial charge >= 0.3 is 5.97 Å². The second kappa shape index (κ2) is 10.4. The highest BCUT2D eigenvalue weighted by Crippen LogP contribution is 2.75. The highest BCUT2D eigenvalue weighted by atomic mass is 35.5. The minimum absolute atomic E-state index is 0.0702. The first-order chi connectivity index (χ1) is 17.6. The Hall–Kier alpha value is -0.580. The molecule has 9 atom stereocenters. The van der Waals surface area contributed by atoms with Crippen LogP contribution < -0.4 is 0 Å². The SMILES string of the molecule is C=C(CCCC(C)(C)OC)[C@H]1CC[C@]2(C)[C@@H]1[C@H](OC(=O)CCl)C[C@@H]1[C@@]3(C)CC[C@H](O)C(C)(C)[C@@H]3CC[C@]12C. The average Bonchev–Trinajstić information content (AvgIpc) is 3.22. The summed E-state index contributed by atoms with van der Waals surface area (Å²) in [5.41, 5.74) is 1.46. The van der Waals surface area contributed by atoms with Crippen LogP contribution in [0.4, 0.5) is 0 Å². The van der Waals surface area contributed by atoms with E-state index in [0.717, 1.165) is 51.4 Å². The van der Waals surface area contributed by atoms with E-state index in [1.54, 1.807) is 7.11 Å². The van der Waals surface area contributed by atoms with Gasteiger partial charge in [-0.15, -0.1) is 11.6 Å². The lowest BCUT2D eigenvalue weighted by Crippen LogP contribution is -2.66. The Morgan fingerprint density at radius 1 is 1.03 bits per heavy atom. The van der Waals surface area contributed by atoms with E-state index >= 15 is 0 Å². The third-order valence-corrected chi connectivity index (χ3v) is 13.3. The monoisotopic (exact) mass is 550 g/mol. The molecule has 0 aliphatic heterocycles. The first-order valence-electron chi connectivity index (χ1n) is 15.2. The van der Waals surface area contributed by atoms with Gasteiger partial charge in [0, 0.05) is 13.0 Å². The average molecular weight is 551 g/mol. The molecule has 0 amide bonds. The maximum absolute atomic E-state index is 12.7. The van der Waals surface area contributed by atoms with E-state index in [0.29, 0.717) is 17.8 Å². The molecule has 4 fully saturated rings. The van der Waals surface area contributed by atoms with E-state index in [-0.39, 0.29) is 57.2 Å². The molecule has 0 aromatic rings. The van der Waals surface area contributed by atoms with Gasteiger partial charge in [0.05, 0.1) is 11.7 Å². The highest BCUT2D eigenvalue weighted by molar-refractivity contribution is 6.26. The van der Waals surface area contributed by atoms with E-state index in [4.69, 9.17) is 21.1 Å². The van der Waals surface area contributed by atoms with Crippen molar-refractivity contribution in [1.82, 2.24) is 0 Å². The van der Waals surface area contributed by atoms with E-state index in [1.807, 2.05) is 0 Å². The zero-order valence-electron chi connectivity index (χ0n) is 25.5. The number of aliphatic hydroxyl groups excluding tert-OH is 1. The van der Waals surface area contributed by atoms with Gasteiger partial charge in [-0.2, -0.15) is 0 Å². The molecule has 4 aliphatic carbocycles. The number of ether oxygens (including phenoxy) is 2. The van der Waals surface area contributed by atoms with Crippen molar-refractivity contribution in [3.05, 3.63) is 12.2 Å². The summed E-state index contributed by atoms with van der Waals surface area (Å²) in [7, 11) is 1.79. The molecule has 1 N–H and O–H groups in total. The maximum Gasteiger partial charge on any atom is 0.321 e. The van der Waals surface area contributed by atoms with Crippen molar-refractivity contribution in [1.29, 1.82) is 0 Å². The maximum atomic E-state index is 12.7. The molecule has 38 heavy (non-hydrogen) atoms. The number of carbonyl (C=O) groups is 1. The first kappa shape index (κ1) is 30.4. The van der Waals surface area contributed by atoms with Crippen molar-refractivity contribution >= 4 is 17.6 Å². The van der Waals surface area contributed by atoms with Crippen molar-refractivity contribution in [2.75, 3.05) is 13.0 Å². The van der Waals surface area contributed by atoms with Crippen LogP contribution in [-0.4, -0.2) is 41.9 Å². The number of methoxy groups -OCH3 is 1. The predicted octanol–water partition coefficient (Wildman–Crippen LogP) is 7.94.